The van der Waals surface area contributed by atoms with Crippen molar-refractivity contribution in [2.45, 2.75) is 59.3 Å². The third-order valence-electron chi connectivity index (χ3n) is 3.20. The Morgan fingerprint density at radius 2 is 2.07 bits per heavy atom. The van der Waals surface area contributed by atoms with Gasteiger partial charge in [0.15, 0.2) is 0 Å². The molecule has 86 valence electrons. The van der Waals surface area contributed by atoms with Gasteiger partial charge in [0, 0.05) is 24.7 Å². The minimum atomic E-state index is -0.224. The third-order valence-corrected chi connectivity index (χ3v) is 3.20. The van der Waals surface area contributed by atoms with E-state index in [0.29, 0.717) is 30.3 Å². The van der Waals surface area contributed by atoms with Crippen molar-refractivity contribution < 1.29 is 9.59 Å². The molecule has 15 heavy (non-hydrogen) atoms. The quantitative estimate of drug-likeness (QED) is 0.717. The van der Waals surface area contributed by atoms with Gasteiger partial charge in [-0.25, -0.2) is 0 Å². The van der Waals surface area contributed by atoms with Crippen molar-refractivity contribution >= 4 is 11.6 Å². The molecule has 1 aliphatic carbocycles. The van der Waals surface area contributed by atoms with Crippen LogP contribution in [0.15, 0.2) is 0 Å². The topological polar surface area (TPSA) is 34.1 Å². The fourth-order valence-corrected chi connectivity index (χ4v) is 2.07. The van der Waals surface area contributed by atoms with E-state index < -0.39 is 0 Å². The molecule has 1 unspecified atom stereocenters. The molecule has 0 heterocycles. The Hall–Kier alpha value is -0.660. The standard InChI is InChI=1S/C13H22O2/c1-13(2,3)12(15)8-7-10-5-4-6-11(14)9-10/h10H,4-9H2,1-3H3. The Labute approximate surface area is 92.4 Å². The van der Waals surface area contributed by atoms with E-state index in [4.69, 9.17) is 0 Å². The normalized spacial score (nSPS) is 22.9. The molecule has 0 aromatic heterocycles. The average molecular weight is 210 g/mol. The summed E-state index contributed by atoms with van der Waals surface area (Å²) in [6.45, 7) is 5.88. The van der Waals surface area contributed by atoms with E-state index in [2.05, 4.69) is 0 Å². The van der Waals surface area contributed by atoms with Gasteiger partial charge in [-0.3, -0.25) is 9.59 Å². The Kier molecular flexibility index (Phi) is 4.06. The first kappa shape index (κ1) is 12.4. The summed E-state index contributed by atoms with van der Waals surface area (Å²) >= 11 is 0. The molecule has 0 aromatic carbocycles. The Balaban J connectivity index is 2.31. The fourth-order valence-electron chi connectivity index (χ4n) is 2.07. The van der Waals surface area contributed by atoms with Crippen molar-refractivity contribution in [3.63, 3.8) is 0 Å². The number of ketones is 2. The van der Waals surface area contributed by atoms with Crippen molar-refractivity contribution in [1.29, 1.82) is 0 Å². The zero-order valence-electron chi connectivity index (χ0n) is 10.1. The number of hydrogen-bond donors (Lipinski definition) is 0. The molecule has 0 aliphatic heterocycles. The lowest BCUT2D eigenvalue weighted by atomic mass is 9.81. The summed E-state index contributed by atoms with van der Waals surface area (Å²) in [4.78, 5) is 22.9. The van der Waals surface area contributed by atoms with Crippen molar-refractivity contribution in [3.8, 4) is 0 Å². The first-order valence-electron chi connectivity index (χ1n) is 5.94. The summed E-state index contributed by atoms with van der Waals surface area (Å²) in [5.41, 5.74) is -0.224. The molecule has 1 fully saturated rings. The molecular formula is C13H22O2. The van der Waals surface area contributed by atoms with Crippen LogP contribution in [0.25, 0.3) is 0 Å². The van der Waals surface area contributed by atoms with Crippen LogP contribution in [0.3, 0.4) is 0 Å². The summed E-state index contributed by atoms with van der Waals surface area (Å²) in [5, 5.41) is 0. The SMILES string of the molecule is CC(C)(C)C(=O)CCC1CCCC(=O)C1. The van der Waals surface area contributed by atoms with Gasteiger partial charge in [-0.15, -0.1) is 0 Å². The summed E-state index contributed by atoms with van der Waals surface area (Å²) in [6.07, 6.45) is 5.15. The molecule has 1 atom stereocenters. The molecule has 0 N–H and O–H groups in total. The van der Waals surface area contributed by atoms with Gasteiger partial charge >= 0.3 is 0 Å². The lowest BCUT2D eigenvalue weighted by molar-refractivity contribution is -0.127. The van der Waals surface area contributed by atoms with Crippen LogP contribution in [0.2, 0.25) is 0 Å². The van der Waals surface area contributed by atoms with Gasteiger partial charge in [0.05, 0.1) is 0 Å². The van der Waals surface area contributed by atoms with E-state index in [1.54, 1.807) is 0 Å². The number of hydrogen-bond acceptors (Lipinski definition) is 2. The van der Waals surface area contributed by atoms with E-state index in [9.17, 15) is 9.59 Å². The van der Waals surface area contributed by atoms with E-state index in [0.717, 1.165) is 25.7 Å². The summed E-state index contributed by atoms with van der Waals surface area (Å²) < 4.78 is 0. The maximum Gasteiger partial charge on any atom is 0.138 e. The van der Waals surface area contributed by atoms with Gasteiger partial charge in [0.2, 0.25) is 0 Å². The van der Waals surface area contributed by atoms with Gasteiger partial charge in [-0.05, 0) is 25.2 Å². The Morgan fingerprint density at radius 1 is 1.40 bits per heavy atom. The second-order valence-corrected chi connectivity index (χ2v) is 5.71. The molecule has 2 heteroatoms. The number of rotatable bonds is 3. The second kappa shape index (κ2) is 4.91. The van der Waals surface area contributed by atoms with Crippen LogP contribution in [0.5, 0.6) is 0 Å². The maximum absolute atomic E-state index is 11.7. The number of carbonyl (C=O) groups is 2. The van der Waals surface area contributed by atoms with E-state index in [1.165, 1.54) is 0 Å². The number of Topliss-reactive ketones (excluding diaryl/α,β-unsaturated/α-hetero) is 2. The van der Waals surface area contributed by atoms with Crippen LogP contribution >= 0.6 is 0 Å². The second-order valence-electron chi connectivity index (χ2n) is 5.71. The summed E-state index contributed by atoms with van der Waals surface area (Å²) in [7, 11) is 0. The zero-order valence-corrected chi connectivity index (χ0v) is 10.1. The van der Waals surface area contributed by atoms with Gasteiger partial charge in [0.1, 0.15) is 11.6 Å². The zero-order chi connectivity index (χ0) is 11.5. The van der Waals surface area contributed by atoms with Crippen molar-refractivity contribution in [2.24, 2.45) is 11.3 Å². The lowest BCUT2D eigenvalue weighted by Crippen LogP contribution is -2.22. The predicted octanol–water partition coefficient (Wildman–Crippen LogP) is 3.14. The van der Waals surface area contributed by atoms with Crippen LogP contribution in [0.1, 0.15) is 59.3 Å². The molecule has 1 aliphatic rings. The molecular weight excluding hydrogens is 188 g/mol. The monoisotopic (exact) mass is 210 g/mol. The largest absolute Gasteiger partial charge is 0.300 e. The van der Waals surface area contributed by atoms with E-state index in [1.807, 2.05) is 20.8 Å². The van der Waals surface area contributed by atoms with Crippen LogP contribution in [-0.2, 0) is 9.59 Å². The Morgan fingerprint density at radius 3 is 2.60 bits per heavy atom. The smallest absolute Gasteiger partial charge is 0.138 e. The van der Waals surface area contributed by atoms with Gasteiger partial charge < -0.3 is 0 Å². The first-order valence-corrected chi connectivity index (χ1v) is 5.94. The molecule has 1 rings (SSSR count). The predicted molar refractivity (Wildman–Crippen MR) is 60.7 cm³/mol. The Bertz CT molecular complexity index is 248. The molecule has 1 saturated carbocycles. The van der Waals surface area contributed by atoms with Crippen molar-refractivity contribution in [1.82, 2.24) is 0 Å². The molecule has 0 bridgehead atoms. The van der Waals surface area contributed by atoms with E-state index in [-0.39, 0.29) is 5.41 Å². The third kappa shape index (κ3) is 4.15. The van der Waals surface area contributed by atoms with Crippen LogP contribution in [0, 0.1) is 11.3 Å². The highest BCUT2D eigenvalue weighted by atomic mass is 16.1. The minimum absolute atomic E-state index is 0.224. The number of carbonyl (C=O) groups excluding carboxylic acids is 2. The highest BCUT2D eigenvalue weighted by Gasteiger charge is 2.24. The van der Waals surface area contributed by atoms with Crippen LogP contribution < -0.4 is 0 Å². The van der Waals surface area contributed by atoms with Gasteiger partial charge in [-0.2, -0.15) is 0 Å². The van der Waals surface area contributed by atoms with Gasteiger partial charge in [-0.1, -0.05) is 20.8 Å². The van der Waals surface area contributed by atoms with Crippen LogP contribution in [0.4, 0.5) is 0 Å². The molecule has 0 spiro atoms. The van der Waals surface area contributed by atoms with Crippen molar-refractivity contribution in [3.05, 3.63) is 0 Å². The minimum Gasteiger partial charge on any atom is -0.300 e. The molecule has 0 radical (unpaired) electrons. The van der Waals surface area contributed by atoms with Crippen LogP contribution in [-0.4, -0.2) is 11.6 Å². The summed E-state index contributed by atoms with van der Waals surface area (Å²) in [5.74, 6) is 1.17. The van der Waals surface area contributed by atoms with Gasteiger partial charge in [0.25, 0.3) is 0 Å². The molecule has 0 amide bonds. The molecule has 2 nitrogen and oxygen atoms in total. The highest BCUT2D eigenvalue weighted by molar-refractivity contribution is 5.83. The van der Waals surface area contributed by atoms with E-state index >= 15 is 0 Å². The summed E-state index contributed by atoms with van der Waals surface area (Å²) in [6, 6.07) is 0. The first-order chi connectivity index (χ1) is 6.89. The fraction of sp³-hybridized carbons (Fsp3) is 0.846. The maximum atomic E-state index is 11.7. The average Bonchev–Trinajstić information content (AvgIpc) is 2.12. The van der Waals surface area contributed by atoms with Crippen molar-refractivity contribution in [2.75, 3.05) is 0 Å². The molecule has 0 saturated heterocycles. The lowest BCUT2D eigenvalue weighted by Gasteiger charge is -2.22. The highest BCUT2D eigenvalue weighted by Crippen LogP contribution is 2.27. The molecule has 0 aromatic rings.